The summed E-state index contributed by atoms with van der Waals surface area (Å²) in [5.41, 5.74) is -3.59. The maximum absolute atomic E-state index is 13.9. The molecule has 0 atom stereocenters. The number of aryl methyl sites for hydroxylation is 1. The summed E-state index contributed by atoms with van der Waals surface area (Å²) in [5.74, 6) is -0.663. The Bertz CT molecular complexity index is 919. The molecule has 166 valence electrons. The second-order valence-electron chi connectivity index (χ2n) is 7.13. The molecular formula is C22H21F6N3. The van der Waals surface area contributed by atoms with Crippen molar-refractivity contribution in [3.05, 3.63) is 71.8 Å². The average molecular weight is 441 g/mol. The first-order valence-corrected chi connectivity index (χ1v) is 9.78. The molecule has 0 radical (unpaired) electrons. The van der Waals surface area contributed by atoms with Gasteiger partial charge in [-0.05, 0) is 18.4 Å². The van der Waals surface area contributed by atoms with Gasteiger partial charge in [-0.3, -0.25) is 0 Å². The molecule has 0 fully saturated rings. The van der Waals surface area contributed by atoms with Crippen molar-refractivity contribution >= 4 is 11.7 Å². The summed E-state index contributed by atoms with van der Waals surface area (Å²) in [7, 11) is 0. The number of nitrogens with zero attached hydrogens (tertiary/aromatic N) is 3. The van der Waals surface area contributed by atoms with E-state index in [2.05, 4.69) is 9.98 Å². The van der Waals surface area contributed by atoms with Crippen LogP contribution in [0.25, 0.3) is 0 Å². The third-order valence-electron chi connectivity index (χ3n) is 4.88. The smallest absolute Gasteiger partial charge is 0.314 e. The highest BCUT2D eigenvalue weighted by Crippen LogP contribution is 2.49. The SMILES string of the molecule is CCCN1C(CCc2ccccc2)=NC(C(F)(F)F)(C(F)(F)F)N=C1c1ccccc1. The molecule has 3 rings (SSSR count). The lowest BCUT2D eigenvalue weighted by Crippen LogP contribution is -2.59. The quantitative estimate of drug-likeness (QED) is 0.505. The van der Waals surface area contributed by atoms with Crippen molar-refractivity contribution in [1.29, 1.82) is 0 Å². The standard InChI is InChI=1S/C22H21F6N3/c1-2-15-31-18(14-13-16-9-5-3-6-10-16)29-20(21(23,24)25,22(26,27)28)30-19(31)17-11-7-4-8-12-17/h3-12H,2,13-15H2,1H3. The molecule has 0 aliphatic carbocycles. The van der Waals surface area contributed by atoms with Gasteiger partial charge in [-0.1, -0.05) is 67.6 Å². The first-order valence-electron chi connectivity index (χ1n) is 9.78. The zero-order valence-corrected chi connectivity index (χ0v) is 16.7. The lowest BCUT2D eigenvalue weighted by Gasteiger charge is -2.39. The van der Waals surface area contributed by atoms with Gasteiger partial charge >= 0.3 is 18.0 Å². The first kappa shape index (κ1) is 22.8. The fraction of sp³-hybridized carbons (Fsp3) is 0.364. The fourth-order valence-corrected chi connectivity index (χ4v) is 3.38. The number of rotatable bonds is 6. The number of benzene rings is 2. The summed E-state index contributed by atoms with van der Waals surface area (Å²) in [6.07, 6.45) is -10.9. The molecule has 0 spiro atoms. The summed E-state index contributed by atoms with van der Waals surface area (Å²) in [6.45, 7) is 1.97. The Balaban J connectivity index is 2.16. The van der Waals surface area contributed by atoms with Crippen LogP contribution in [0.3, 0.4) is 0 Å². The fourth-order valence-electron chi connectivity index (χ4n) is 3.38. The van der Waals surface area contributed by atoms with Crippen LogP contribution in [-0.2, 0) is 6.42 Å². The van der Waals surface area contributed by atoms with Crippen LogP contribution in [0.5, 0.6) is 0 Å². The van der Waals surface area contributed by atoms with Gasteiger partial charge in [0.05, 0.1) is 0 Å². The molecule has 1 aliphatic heterocycles. The molecule has 2 aromatic carbocycles. The number of amidine groups is 2. The molecule has 1 heterocycles. The summed E-state index contributed by atoms with van der Waals surface area (Å²) in [6, 6.07) is 16.4. The van der Waals surface area contributed by atoms with E-state index in [0.29, 0.717) is 6.42 Å². The average Bonchev–Trinajstić information content (AvgIpc) is 2.72. The molecular weight excluding hydrogens is 420 g/mol. The Morgan fingerprint density at radius 2 is 1.32 bits per heavy atom. The molecule has 0 unspecified atom stereocenters. The molecule has 0 amide bonds. The van der Waals surface area contributed by atoms with Crippen molar-refractivity contribution in [2.75, 3.05) is 6.54 Å². The molecule has 9 heteroatoms. The van der Waals surface area contributed by atoms with Crippen LogP contribution < -0.4 is 0 Å². The lowest BCUT2D eigenvalue weighted by molar-refractivity contribution is -0.293. The van der Waals surface area contributed by atoms with E-state index in [0.717, 1.165) is 5.56 Å². The molecule has 0 bridgehead atoms. The van der Waals surface area contributed by atoms with Gasteiger partial charge in [0.15, 0.2) is 0 Å². The maximum atomic E-state index is 13.9. The van der Waals surface area contributed by atoms with Crippen molar-refractivity contribution in [1.82, 2.24) is 4.90 Å². The highest BCUT2D eigenvalue weighted by Gasteiger charge is 2.73. The van der Waals surface area contributed by atoms with Gasteiger partial charge < -0.3 is 4.90 Å². The molecule has 2 aromatic rings. The minimum atomic E-state index is -5.75. The highest BCUT2D eigenvalue weighted by atomic mass is 19.4. The number of hydrogen-bond acceptors (Lipinski definition) is 3. The van der Waals surface area contributed by atoms with Crippen LogP contribution in [0.4, 0.5) is 26.3 Å². The van der Waals surface area contributed by atoms with Crippen molar-refractivity contribution in [3.63, 3.8) is 0 Å². The van der Waals surface area contributed by atoms with Gasteiger partial charge in [-0.15, -0.1) is 0 Å². The lowest BCUT2D eigenvalue weighted by atomic mass is 10.0. The van der Waals surface area contributed by atoms with E-state index in [9.17, 15) is 26.3 Å². The van der Waals surface area contributed by atoms with Crippen LogP contribution in [-0.4, -0.2) is 41.1 Å². The van der Waals surface area contributed by atoms with Crippen LogP contribution in [0.1, 0.15) is 30.9 Å². The van der Waals surface area contributed by atoms with E-state index in [1.165, 1.54) is 17.0 Å². The Labute approximate surface area is 176 Å². The van der Waals surface area contributed by atoms with Gasteiger partial charge in [-0.2, -0.15) is 26.3 Å². The molecule has 3 nitrogen and oxygen atoms in total. The zero-order valence-electron chi connectivity index (χ0n) is 16.7. The van der Waals surface area contributed by atoms with Crippen molar-refractivity contribution in [2.24, 2.45) is 9.98 Å². The van der Waals surface area contributed by atoms with Gasteiger partial charge in [-0.25, -0.2) is 9.98 Å². The summed E-state index contributed by atoms with van der Waals surface area (Å²) in [5, 5.41) is 0. The number of aliphatic imine (C=N–C) groups is 2. The van der Waals surface area contributed by atoms with Crippen molar-refractivity contribution in [2.45, 2.75) is 44.2 Å². The third-order valence-corrected chi connectivity index (χ3v) is 4.88. The largest absolute Gasteiger partial charge is 0.443 e. The Morgan fingerprint density at radius 1 is 0.774 bits per heavy atom. The number of alkyl halides is 6. The van der Waals surface area contributed by atoms with E-state index < -0.39 is 18.0 Å². The van der Waals surface area contributed by atoms with E-state index in [4.69, 9.17) is 0 Å². The Kier molecular flexibility index (Phi) is 6.43. The summed E-state index contributed by atoms with van der Waals surface area (Å²) < 4.78 is 83.3. The third kappa shape index (κ3) is 4.60. The Hall–Kier alpha value is -2.84. The number of halogens is 6. The Morgan fingerprint density at radius 3 is 1.84 bits per heavy atom. The van der Waals surface area contributed by atoms with Crippen LogP contribution in [0.15, 0.2) is 70.6 Å². The van der Waals surface area contributed by atoms with Crippen molar-refractivity contribution < 1.29 is 26.3 Å². The van der Waals surface area contributed by atoms with E-state index in [1.807, 2.05) is 0 Å². The van der Waals surface area contributed by atoms with Gasteiger partial charge in [0.2, 0.25) is 0 Å². The maximum Gasteiger partial charge on any atom is 0.443 e. The van der Waals surface area contributed by atoms with Crippen molar-refractivity contribution in [3.8, 4) is 0 Å². The molecule has 1 aliphatic rings. The molecule has 31 heavy (non-hydrogen) atoms. The second-order valence-corrected chi connectivity index (χ2v) is 7.13. The summed E-state index contributed by atoms with van der Waals surface area (Å²) >= 11 is 0. The predicted molar refractivity (Wildman–Crippen MR) is 107 cm³/mol. The van der Waals surface area contributed by atoms with Crippen LogP contribution in [0.2, 0.25) is 0 Å². The monoisotopic (exact) mass is 441 g/mol. The number of hydrogen-bond donors (Lipinski definition) is 0. The first-order chi connectivity index (χ1) is 14.6. The van der Waals surface area contributed by atoms with Crippen LogP contribution >= 0.6 is 0 Å². The van der Waals surface area contributed by atoms with E-state index >= 15 is 0 Å². The minimum absolute atomic E-state index is 0.0935. The molecule has 0 saturated carbocycles. The zero-order chi connectivity index (χ0) is 22.7. The van der Waals surface area contributed by atoms with Gasteiger partial charge in [0.1, 0.15) is 11.7 Å². The molecule has 0 N–H and O–H groups in total. The highest BCUT2D eigenvalue weighted by molar-refractivity contribution is 6.11. The molecule has 0 saturated heterocycles. The van der Waals surface area contributed by atoms with E-state index in [-0.39, 0.29) is 36.6 Å². The van der Waals surface area contributed by atoms with Gasteiger partial charge in [0, 0.05) is 18.5 Å². The predicted octanol–water partition coefficient (Wildman–Crippen LogP) is 6.01. The minimum Gasteiger partial charge on any atom is -0.314 e. The van der Waals surface area contributed by atoms with E-state index in [1.54, 1.807) is 55.5 Å². The topological polar surface area (TPSA) is 28.0 Å². The van der Waals surface area contributed by atoms with Crippen LogP contribution in [0, 0.1) is 0 Å². The molecule has 0 aromatic heterocycles. The van der Waals surface area contributed by atoms with Gasteiger partial charge in [0.25, 0.3) is 0 Å². The summed E-state index contributed by atoms with van der Waals surface area (Å²) in [4.78, 5) is 7.86. The normalized spacial score (nSPS) is 16.7. The second kappa shape index (κ2) is 8.72.